The lowest BCUT2D eigenvalue weighted by atomic mass is 10.1. The van der Waals surface area contributed by atoms with Gasteiger partial charge in [-0.15, -0.1) is 0 Å². The normalized spacial score (nSPS) is 9.95. The van der Waals surface area contributed by atoms with Crippen LogP contribution in [0.5, 0.6) is 5.75 Å². The molecule has 2 rings (SSSR count). The molecule has 0 aliphatic rings. The Morgan fingerprint density at radius 2 is 1.81 bits per heavy atom. The predicted octanol–water partition coefficient (Wildman–Crippen LogP) is 3.04. The first-order valence-electron chi connectivity index (χ1n) is 6.16. The Kier molecular flexibility index (Phi) is 4.08. The summed E-state index contributed by atoms with van der Waals surface area (Å²) in [6, 6.07) is 10.3. The highest BCUT2D eigenvalue weighted by atomic mass is 16.4. The molecule has 0 aliphatic heterocycles. The number of nitrogens with one attached hydrogen (secondary N) is 2. The van der Waals surface area contributed by atoms with Crippen LogP contribution in [0.15, 0.2) is 42.5 Å². The molecule has 0 unspecified atom stereocenters. The summed E-state index contributed by atoms with van der Waals surface area (Å²) < 4.78 is 0. The maximum Gasteiger partial charge on any atom is 0.337 e. The molecule has 0 saturated carbocycles. The van der Waals surface area contributed by atoms with Crippen LogP contribution in [0.4, 0.5) is 16.2 Å². The lowest BCUT2D eigenvalue weighted by Crippen LogP contribution is -2.21. The molecule has 0 atom stereocenters. The maximum atomic E-state index is 11.9. The van der Waals surface area contributed by atoms with E-state index in [0.29, 0.717) is 5.69 Å². The van der Waals surface area contributed by atoms with Crippen molar-refractivity contribution in [3.05, 3.63) is 53.6 Å². The molecule has 0 bridgehead atoms. The van der Waals surface area contributed by atoms with Crippen molar-refractivity contribution < 1.29 is 19.8 Å². The topological polar surface area (TPSA) is 98.7 Å². The van der Waals surface area contributed by atoms with Crippen LogP contribution < -0.4 is 10.6 Å². The number of carboxylic acid groups (broad SMARTS) is 1. The van der Waals surface area contributed by atoms with Crippen molar-refractivity contribution in [2.75, 3.05) is 10.6 Å². The molecule has 0 aromatic heterocycles. The molecule has 0 spiro atoms. The van der Waals surface area contributed by atoms with Gasteiger partial charge in [0.1, 0.15) is 5.75 Å². The Hall–Kier alpha value is -3.02. The number of urea groups is 1. The van der Waals surface area contributed by atoms with E-state index in [4.69, 9.17) is 5.11 Å². The van der Waals surface area contributed by atoms with Gasteiger partial charge in [0.05, 0.1) is 11.3 Å². The number of hydrogen-bond donors (Lipinski definition) is 4. The molecule has 0 fully saturated rings. The second-order valence-electron chi connectivity index (χ2n) is 4.48. The van der Waals surface area contributed by atoms with Gasteiger partial charge in [-0.25, -0.2) is 9.59 Å². The molecule has 2 aromatic carbocycles. The third-order valence-electron chi connectivity index (χ3n) is 2.76. The molecular formula is C15H14N2O4. The van der Waals surface area contributed by atoms with E-state index in [9.17, 15) is 14.7 Å². The van der Waals surface area contributed by atoms with E-state index in [0.717, 1.165) is 11.6 Å². The van der Waals surface area contributed by atoms with E-state index < -0.39 is 12.0 Å². The number of carbonyl (C=O) groups is 2. The number of carboxylic acids is 1. The first-order chi connectivity index (χ1) is 9.95. The quantitative estimate of drug-likeness (QED) is 0.652. The molecule has 6 nitrogen and oxygen atoms in total. The van der Waals surface area contributed by atoms with Gasteiger partial charge in [-0.1, -0.05) is 12.1 Å². The second-order valence-corrected chi connectivity index (χ2v) is 4.48. The van der Waals surface area contributed by atoms with E-state index >= 15 is 0 Å². The molecule has 2 aromatic rings. The molecule has 4 N–H and O–H groups in total. The molecule has 0 aliphatic carbocycles. The van der Waals surface area contributed by atoms with Gasteiger partial charge in [0, 0.05) is 5.69 Å². The zero-order chi connectivity index (χ0) is 15.4. The Bertz CT molecular complexity index is 698. The first kappa shape index (κ1) is 14.4. The smallest absolute Gasteiger partial charge is 0.337 e. The summed E-state index contributed by atoms with van der Waals surface area (Å²) in [7, 11) is 0. The Morgan fingerprint density at radius 3 is 2.48 bits per heavy atom. The highest BCUT2D eigenvalue weighted by molar-refractivity contribution is 6.04. The van der Waals surface area contributed by atoms with Gasteiger partial charge in [-0.3, -0.25) is 0 Å². The minimum Gasteiger partial charge on any atom is -0.508 e. The van der Waals surface area contributed by atoms with Gasteiger partial charge in [0.2, 0.25) is 0 Å². The van der Waals surface area contributed by atoms with Crippen LogP contribution in [0.2, 0.25) is 0 Å². The zero-order valence-electron chi connectivity index (χ0n) is 11.3. The largest absolute Gasteiger partial charge is 0.508 e. The Balaban J connectivity index is 2.15. The number of aryl methyl sites for hydroxylation is 1. The summed E-state index contributed by atoms with van der Waals surface area (Å²) in [6.45, 7) is 1.89. The lowest BCUT2D eigenvalue weighted by molar-refractivity contribution is 0.0697. The van der Waals surface area contributed by atoms with Crippen LogP contribution in [-0.4, -0.2) is 22.2 Å². The standard InChI is InChI=1S/C15H14N2O4/c1-9-3-2-4-10(7-9)16-15(21)17-13-6-5-11(18)8-12(13)14(19)20/h2-8,18H,1H3,(H,19,20)(H2,16,17,21). The van der Waals surface area contributed by atoms with Gasteiger partial charge < -0.3 is 20.8 Å². The number of aromatic hydroxyl groups is 1. The fraction of sp³-hybridized carbons (Fsp3) is 0.0667. The Morgan fingerprint density at radius 1 is 1.05 bits per heavy atom. The summed E-state index contributed by atoms with van der Waals surface area (Å²) in [5.74, 6) is -1.42. The maximum absolute atomic E-state index is 11.9. The molecule has 0 saturated heterocycles. The van der Waals surface area contributed by atoms with Gasteiger partial charge in [0.25, 0.3) is 0 Å². The fourth-order valence-electron chi connectivity index (χ4n) is 1.83. The van der Waals surface area contributed by atoms with E-state index in [1.54, 1.807) is 18.2 Å². The summed E-state index contributed by atoms with van der Waals surface area (Å²) in [6.07, 6.45) is 0. The van der Waals surface area contributed by atoms with Crippen molar-refractivity contribution >= 4 is 23.4 Å². The van der Waals surface area contributed by atoms with Crippen LogP contribution in [0.3, 0.4) is 0 Å². The van der Waals surface area contributed by atoms with Crippen LogP contribution in [0.25, 0.3) is 0 Å². The number of amides is 2. The number of phenols is 1. The number of carbonyl (C=O) groups excluding carboxylic acids is 1. The molecule has 2 amide bonds. The van der Waals surface area contributed by atoms with E-state index in [-0.39, 0.29) is 17.0 Å². The van der Waals surface area contributed by atoms with Crippen molar-refractivity contribution in [2.45, 2.75) is 6.92 Å². The van der Waals surface area contributed by atoms with Gasteiger partial charge in [-0.2, -0.15) is 0 Å². The molecule has 21 heavy (non-hydrogen) atoms. The van der Waals surface area contributed by atoms with Crippen LogP contribution in [-0.2, 0) is 0 Å². The summed E-state index contributed by atoms with van der Waals surface area (Å²) >= 11 is 0. The van der Waals surface area contributed by atoms with E-state index in [1.165, 1.54) is 12.1 Å². The highest BCUT2D eigenvalue weighted by Crippen LogP contribution is 2.21. The number of hydrogen-bond acceptors (Lipinski definition) is 3. The van der Waals surface area contributed by atoms with Gasteiger partial charge in [0.15, 0.2) is 0 Å². The summed E-state index contributed by atoms with van der Waals surface area (Å²) in [5.41, 5.74) is 1.51. The van der Waals surface area contributed by atoms with Crippen LogP contribution in [0.1, 0.15) is 15.9 Å². The van der Waals surface area contributed by atoms with E-state index in [2.05, 4.69) is 10.6 Å². The minimum atomic E-state index is -1.24. The average molecular weight is 286 g/mol. The van der Waals surface area contributed by atoms with Gasteiger partial charge in [-0.05, 0) is 42.8 Å². The SMILES string of the molecule is Cc1cccc(NC(=O)Nc2ccc(O)cc2C(=O)O)c1. The van der Waals surface area contributed by atoms with Crippen molar-refractivity contribution in [1.29, 1.82) is 0 Å². The Labute approximate surface area is 121 Å². The predicted molar refractivity (Wildman–Crippen MR) is 78.9 cm³/mol. The molecule has 6 heteroatoms. The molecule has 108 valence electrons. The van der Waals surface area contributed by atoms with Crippen molar-refractivity contribution in [3.8, 4) is 5.75 Å². The van der Waals surface area contributed by atoms with E-state index in [1.807, 2.05) is 13.0 Å². The third kappa shape index (κ3) is 3.73. The number of benzene rings is 2. The minimum absolute atomic E-state index is 0.102. The number of rotatable bonds is 3. The van der Waals surface area contributed by atoms with Gasteiger partial charge >= 0.3 is 12.0 Å². The molecule has 0 radical (unpaired) electrons. The average Bonchev–Trinajstić information content (AvgIpc) is 2.40. The fourth-order valence-corrected chi connectivity index (χ4v) is 1.83. The molecular weight excluding hydrogens is 272 g/mol. The number of aromatic carboxylic acids is 1. The van der Waals surface area contributed by atoms with Crippen molar-refractivity contribution in [1.82, 2.24) is 0 Å². The lowest BCUT2D eigenvalue weighted by Gasteiger charge is -2.10. The first-order valence-corrected chi connectivity index (χ1v) is 6.16. The third-order valence-corrected chi connectivity index (χ3v) is 2.76. The highest BCUT2D eigenvalue weighted by Gasteiger charge is 2.13. The second kappa shape index (κ2) is 5.96. The van der Waals surface area contributed by atoms with Crippen LogP contribution in [0, 0.1) is 6.92 Å². The zero-order valence-corrected chi connectivity index (χ0v) is 11.3. The number of phenolic OH excluding ortho intramolecular Hbond substituents is 1. The van der Waals surface area contributed by atoms with Crippen molar-refractivity contribution in [3.63, 3.8) is 0 Å². The monoisotopic (exact) mass is 286 g/mol. The summed E-state index contributed by atoms with van der Waals surface area (Å²) in [4.78, 5) is 23.0. The van der Waals surface area contributed by atoms with Crippen molar-refractivity contribution in [2.24, 2.45) is 0 Å². The number of anilines is 2. The summed E-state index contributed by atoms with van der Waals surface area (Å²) in [5, 5.41) is 23.4. The molecule has 0 heterocycles. The van der Waals surface area contributed by atoms with Crippen LogP contribution >= 0.6 is 0 Å².